The molecular formula is C20H27F3N4O3. The second kappa shape index (κ2) is 9.44. The second-order valence-corrected chi connectivity index (χ2v) is 7.36. The van der Waals surface area contributed by atoms with Crippen LogP contribution in [0.4, 0.5) is 18.0 Å². The fraction of sp³-hybridized carbons (Fsp3) is 0.600. The molecule has 2 fully saturated rings. The third-order valence-electron chi connectivity index (χ3n) is 5.24. The van der Waals surface area contributed by atoms with Crippen molar-refractivity contribution in [3.05, 3.63) is 29.8 Å². The van der Waals surface area contributed by atoms with Gasteiger partial charge in [0.15, 0.2) is 5.96 Å². The van der Waals surface area contributed by atoms with Gasteiger partial charge in [0, 0.05) is 38.1 Å². The molecule has 3 rings (SSSR count). The molecule has 1 aliphatic carbocycles. The molecule has 1 saturated carbocycles. The van der Waals surface area contributed by atoms with Crippen LogP contribution in [0.3, 0.4) is 0 Å². The van der Waals surface area contributed by atoms with Gasteiger partial charge in [-0.2, -0.15) is 0 Å². The highest BCUT2D eigenvalue weighted by Crippen LogP contribution is 2.45. The number of likely N-dealkylation sites (tertiary alicyclic amines) is 1. The normalized spacial score (nSPS) is 22.4. The molecule has 1 heterocycles. The van der Waals surface area contributed by atoms with E-state index in [1.807, 2.05) is 0 Å². The summed E-state index contributed by atoms with van der Waals surface area (Å²) in [6, 6.07) is 6.36. The molecule has 2 atom stereocenters. The van der Waals surface area contributed by atoms with Gasteiger partial charge in [0.2, 0.25) is 0 Å². The van der Waals surface area contributed by atoms with Crippen LogP contribution in [0.5, 0.6) is 5.75 Å². The Morgan fingerprint density at radius 1 is 1.23 bits per heavy atom. The lowest BCUT2D eigenvalue weighted by atomic mass is 10.1. The molecule has 30 heavy (non-hydrogen) atoms. The summed E-state index contributed by atoms with van der Waals surface area (Å²) in [5.41, 5.74) is 0.533. The highest BCUT2D eigenvalue weighted by molar-refractivity contribution is 5.81. The van der Waals surface area contributed by atoms with Crippen LogP contribution in [0.1, 0.15) is 37.7 Å². The zero-order valence-corrected chi connectivity index (χ0v) is 17.0. The van der Waals surface area contributed by atoms with E-state index in [1.165, 1.54) is 12.1 Å². The Labute approximate surface area is 173 Å². The summed E-state index contributed by atoms with van der Waals surface area (Å²) in [5, 5.41) is 6.62. The minimum Gasteiger partial charge on any atom is -0.450 e. The minimum absolute atomic E-state index is 0.0196. The SMILES string of the molecule is CCOC(=O)N1CCC(NC(=NC)NC2CC2c2ccccc2OC(F)(F)F)CC1. The smallest absolute Gasteiger partial charge is 0.450 e. The highest BCUT2D eigenvalue weighted by atomic mass is 19.4. The van der Waals surface area contributed by atoms with Gasteiger partial charge in [-0.05, 0) is 37.8 Å². The highest BCUT2D eigenvalue weighted by Gasteiger charge is 2.42. The summed E-state index contributed by atoms with van der Waals surface area (Å²) in [6.07, 6.45) is -2.80. The van der Waals surface area contributed by atoms with E-state index in [0.29, 0.717) is 37.6 Å². The molecule has 0 spiro atoms. The number of carbonyl (C=O) groups is 1. The summed E-state index contributed by atoms with van der Waals surface area (Å²) in [5.74, 6) is 0.368. The number of benzene rings is 1. The van der Waals surface area contributed by atoms with Crippen LogP contribution in [0, 0.1) is 0 Å². The van der Waals surface area contributed by atoms with Gasteiger partial charge in [0.1, 0.15) is 5.75 Å². The average Bonchev–Trinajstić information content (AvgIpc) is 3.46. The second-order valence-electron chi connectivity index (χ2n) is 7.36. The number of nitrogens with zero attached hydrogens (tertiary/aromatic N) is 2. The van der Waals surface area contributed by atoms with Crippen LogP contribution in [0.25, 0.3) is 0 Å². The number of ether oxygens (including phenoxy) is 2. The van der Waals surface area contributed by atoms with Crippen LogP contribution in [0.2, 0.25) is 0 Å². The summed E-state index contributed by atoms with van der Waals surface area (Å²) < 4.78 is 47.1. The maximum absolute atomic E-state index is 12.6. The van der Waals surface area contributed by atoms with Gasteiger partial charge in [-0.25, -0.2) is 4.79 Å². The zero-order chi connectivity index (χ0) is 21.7. The topological polar surface area (TPSA) is 75.2 Å². The number of carbonyl (C=O) groups excluding carboxylic acids is 1. The van der Waals surface area contributed by atoms with Gasteiger partial charge in [-0.1, -0.05) is 18.2 Å². The largest absolute Gasteiger partial charge is 0.573 e. The molecule has 1 saturated heterocycles. The van der Waals surface area contributed by atoms with Crippen molar-refractivity contribution in [3.63, 3.8) is 0 Å². The first kappa shape index (κ1) is 22.0. The molecule has 1 amide bonds. The summed E-state index contributed by atoms with van der Waals surface area (Å²) >= 11 is 0. The molecule has 2 unspecified atom stereocenters. The Hall–Kier alpha value is -2.65. The fourth-order valence-corrected chi connectivity index (χ4v) is 3.66. The van der Waals surface area contributed by atoms with Gasteiger partial charge >= 0.3 is 12.5 Å². The molecule has 2 aliphatic rings. The molecule has 0 aromatic heterocycles. The number of amides is 1. The van der Waals surface area contributed by atoms with E-state index in [4.69, 9.17) is 4.74 Å². The standard InChI is InChI=1S/C20H27F3N4O3/c1-3-29-19(28)27-10-8-13(9-11-27)25-18(24-2)26-16-12-15(16)14-6-4-5-7-17(14)30-20(21,22)23/h4-7,13,15-16H,3,8-12H2,1-2H3,(H2,24,25,26). The first-order chi connectivity index (χ1) is 14.3. The lowest BCUT2D eigenvalue weighted by Crippen LogP contribution is -2.50. The van der Waals surface area contributed by atoms with E-state index < -0.39 is 6.36 Å². The summed E-state index contributed by atoms with van der Waals surface area (Å²) in [6.45, 7) is 3.33. The fourth-order valence-electron chi connectivity index (χ4n) is 3.66. The minimum atomic E-state index is -4.72. The maximum atomic E-state index is 12.6. The van der Waals surface area contributed by atoms with E-state index in [2.05, 4.69) is 20.4 Å². The van der Waals surface area contributed by atoms with Crippen LogP contribution in [0.15, 0.2) is 29.3 Å². The zero-order valence-electron chi connectivity index (χ0n) is 17.0. The third kappa shape index (κ3) is 5.93. The van der Waals surface area contributed by atoms with Crippen LogP contribution in [-0.2, 0) is 4.74 Å². The van der Waals surface area contributed by atoms with Crippen molar-refractivity contribution in [2.75, 3.05) is 26.7 Å². The van der Waals surface area contributed by atoms with Gasteiger partial charge in [0.05, 0.1) is 6.61 Å². The van der Waals surface area contributed by atoms with E-state index in [9.17, 15) is 18.0 Å². The third-order valence-corrected chi connectivity index (χ3v) is 5.24. The van der Waals surface area contributed by atoms with Crippen molar-refractivity contribution in [2.24, 2.45) is 4.99 Å². The van der Waals surface area contributed by atoms with Crippen molar-refractivity contribution in [1.29, 1.82) is 0 Å². The number of alkyl halides is 3. The lowest BCUT2D eigenvalue weighted by molar-refractivity contribution is -0.274. The molecule has 166 valence electrons. The molecule has 7 nitrogen and oxygen atoms in total. The molecule has 10 heteroatoms. The Morgan fingerprint density at radius 2 is 1.93 bits per heavy atom. The molecule has 0 radical (unpaired) electrons. The van der Waals surface area contributed by atoms with Crippen LogP contribution in [-0.4, -0.2) is 62.1 Å². The monoisotopic (exact) mass is 428 g/mol. The molecular weight excluding hydrogens is 401 g/mol. The molecule has 2 N–H and O–H groups in total. The number of aliphatic imine (C=N–C) groups is 1. The number of rotatable bonds is 5. The van der Waals surface area contributed by atoms with E-state index in [-0.39, 0.29) is 29.8 Å². The van der Waals surface area contributed by atoms with E-state index in [1.54, 1.807) is 31.0 Å². The van der Waals surface area contributed by atoms with Gasteiger partial charge in [-0.15, -0.1) is 13.2 Å². The van der Waals surface area contributed by atoms with Crippen molar-refractivity contribution in [1.82, 2.24) is 15.5 Å². The lowest BCUT2D eigenvalue weighted by Gasteiger charge is -2.32. The maximum Gasteiger partial charge on any atom is 0.573 e. The number of halogens is 3. The molecule has 0 bridgehead atoms. The van der Waals surface area contributed by atoms with Gasteiger partial charge < -0.3 is 25.0 Å². The predicted octanol–water partition coefficient (Wildman–Crippen LogP) is 3.23. The molecule has 1 aliphatic heterocycles. The predicted molar refractivity (Wildman–Crippen MR) is 106 cm³/mol. The van der Waals surface area contributed by atoms with E-state index >= 15 is 0 Å². The Kier molecular flexibility index (Phi) is 6.94. The Balaban J connectivity index is 1.50. The quantitative estimate of drug-likeness (QED) is 0.557. The Bertz CT molecular complexity index is 764. The number of hydrogen-bond donors (Lipinski definition) is 2. The number of hydrogen-bond acceptors (Lipinski definition) is 4. The number of nitrogens with one attached hydrogen (secondary N) is 2. The number of para-hydroxylation sites is 1. The van der Waals surface area contributed by atoms with Gasteiger partial charge in [0.25, 0.3) is 0 Å². The number of piperidine rings is 1. The van der Waals surface area contributed by atoms with Crippen molar-refractivity contribution >= 4 is 12.1 Å². The summed E-state index contributed by atoms with van der Waals surface area (Å²) in [4.78, 5) is 17.7. The molecule has 1 aromatic carbocycles. The van der Waals surface area contributed by atoms with Crippen molar-refractivity contribution in [2.45, 2.75) is 50.6 Å². The average molecular weight is 428 g/mol. The summed E-state index contributed by atoms with van der Waals surface area (Å²) in [7, 11) is 1.65. The van der Waals surface area contributed by atoms with Crippen molar-refractivity contribution in [3.8, 4) is 5.75 Å². The number of guanidine groups is 1. The van der Waals surface area contributed by atoms with E-state index in [0.717, 1.165) is 12.8 Å². The molecule has 1 aromatic rings. The van der Waals surface area contributed by atoms with Gasteiger partial charge in [-0.3, -0.25) is 4.99 Å². The Morgan fingerprint density at radius 3 is 2.57 bits per heavy atom. The first-order valence-electron chi connectivity index (χ1n) is 10.1. The van der Waals surface area contributed by atoms with Crippen LogP contribution < -0.4 is 15.4 Å². The van der Waals surface area contributed by atoms with Crippen LogP contribution >= 0.6 is 0 Å². The first-order valence-corrected chi connectivity index (χ1v) is 10.1. The van der Waals surface area contributed by atoms with Crippen molar-refractivity contribution < 1.29 is 27.4 Å².